The van der Waals surface area contributed by atoms with Crippen molar-refractivity contribution in [1.29, 1.82) is 0 Å². The van der Waals surface area contributed by atoms with Crippen LogP contribution in [-0.4, -0.2) is 166 Å². The van der Waals surface area contributed by atoms with Crippen LogP contribution in [0.25, 0.3) is 22.1 Å². The maximum Gasteiger partial charge on any atom is 0.415 e. The number of fused-ring (bicyclic) bond motifs is 6. The van der Waals surface area contributed by atoms with Gasteiger partial charge in [-0.1, -0.05) is 25.7 Å². The normalized spacial score (nSPS) is 25.1. The van der Waals surface area contributed by atoms with E-state index in [1.54, 1.807) is 84.7 Å². The van der Waals surface area contributed by atoms with Gasteiger partial charge in [-0.15, -0.1) is 0 Å². The zero-order chi connectivity index (χ0) is 60.4. The number of aromatic nitrogens is 8. The van der Waals surface area contributed by atoms with Crippen LogP contribution in [0.3, 0.4) is 0 Å². The van der Waals surface area contributed by atoms with Crippen LogP contribution >= 0.6 is 11.6 Å². The van der Waals surface area contributed by atoms with E-state index in [0.29, 0.717) is 84.4 Å². The Kier molecular flexibility index (Phi) is 15.7. The summed E-state index contributed by atoms with van der Waals surface area (Å²) in [4.78, 5) is 97.9. The van der Waals surface area contributed by atoms with Gasteiger partial charge in [0.05, 0.1) is 36.9 Å². The Balaban J connectivity index is 0.000000134. The summed E-state index contributed by atoms with van der Waals surface area (Å²) < 4.78 is 21.5. The molecule has 8 aliphatic rings. The zero-order valence-corrected chi connectivity index (χ0v) is 50.8. The van der Waals surface area contributed by atoms with Crippen molar-refractivity contribution >= 4 is 92.7 Å². The summed E-state index contributed by atoms with van der Waals surface area (Å²) in [6.45, 7) is 6.63. The topological polar surface area (TPSA) is 267 Å². The molecule has 0 aromatic carbocycles. The molecule has 456 valence electrons. The number of halogens is 1. The number of carbonyl (C=O) groups is 5. The second-order valence-corrected chi connectivity index (χ2v) is 26.3. The maximum atomic E-state index is 13.0. The molecule has 4 unspecified atom stereocenters. The Hall–Kier alpha value is -7.86. The van der Waals surface area contributed by atoms with Crippen LogP contribution in [0.4, 0.5) is 43.3 Å². The minimum absolute atomic E-state index is 0.00831. The van der Waals surface area contributed by atoms with E-state index in [1.807, 2.05) is 49.9 Å². The molecule has 14 rings (SSSR count). The molecule has 24 nitrogen and oxygen atoms in total. The number of hydrogen-bond acceptors (Lipinski definition) is 17. The van der Waals surface area contributed by atoms with Crippen molar-refractivity contribution in [3.8, 4) is 0 Å². The van der Waals surface area contributed by atoms with E-state index >= 15 is 0 Å². The monoisotopic (exact) mass is 1200 g/mol. The van der Waals surface area contributed by atoms with Gasteiger partial charge in [0, 0.05) is 113 Å². The minimum Gasteiger partial charge on any atom is -0.444 e. The molecular weight excluding hydrogens is 1120 g/mol. The van der Waals surface area contributed by atoms with E-state index in [9.17, 15) is 24.0 Å². The van der Waals surface area contributed by atoms with E-state index in [0.717, 1.165) is 99.1 Å². The smallest absolute Gasteiger partial charge is 0.415 e. The molecule has 2 spiro atoms. The second-order valence-electron chi connectivity index (χ2n) is 25.9. The summed E-state index contributed by atoms with van der Waals surface area (Å²) in [5, 5.41) is 8.75. The summed E-state index contributed by atoms with van der Waals surface area (Å²) in [6, 6.07) is 12.4. The van der Waals surface area contributed by atoms with Gasteiger partial charge in [0.2, 0.25) is 11.2 Å². The van der Waals surface area contributed by atoms with Crippen molar-refractivity contribution in [2.24, 2.45) is 0 Å². The van der Waals surface area contributed by atoms with Crippen molar-refractivity contribution in [2.45, 2.75) is 177 Å². The molecule has 86 heavy (non-hydrogen) atoms. The summed E-state index contributed by atoms with van der Waals surface area (Å²) in [5.41, 5.74) is 8.36. The van der Waals surface area contributed by atoms with Gasteiger partial charge >= 0.3 is 18.3 Å². The van der Waals surface area contributed by atoms with Gasteiger partial charge in [0.25, 0.3) is 11.8 Å². The molecule has 2 aliphatic carbocycles. The Morgan fingerprint density at radius 2 is 1.15 bits per heavy atom. The van der Waals surface area contributed by atoms with Crippen LogP contribution < -0.4 is 26.2 Å². The second kappa shape index (κ2) is 23.1. The van der Waals surface area contributed by atoms with Crippen LogP contribution in [-0.2, 0) is 14.2 Å². The largest absolute Gasteiger partial charge is 0.444 e. The Bertz CT molecular complexity index is 3530. The van der Waals surface area contributed by atoms with Gasteiger partial charge in [-0.25, -0.2) is 34.3 Å². The van der Waals surface area contributed by atoms with Gasteiger partial charge in [-0.3, -0.25) is 19.4 Å². The number of piperidine rings is 2. The van der Waals surface area contributed by atoms with Crippen LogP contribution in [0.15, 0.2) is 61.2 Å². The number of nitrogens with zero attached hydrogens (tertiary/aromatic N) is 13. The molecule has 2 saturated carbocycles. The summed E-state index contributed by atoms with van der Waals surface area (Å²) >= 11 is 5.92. The number of carbonyl (C=O) groups excluding carboxylic acids is 5. The van der Waals surface area contributed by atoms with E-state index in [2.05, 4.69) is 44.7 Å². The lowest BCUT2D eigenvalue weighted by molar-refractivity contribution is -0.0425. The van der Waals surface area contributed by atoms with Gasteiger partial charge < -0.3 is 54.4 Å². The Morgan fingerprint density at radius 1 is 0.651 bits per heavy atom. The van der Waals surface area contributed by atoms with Crippen LogP contribution in [0.5, 0.6) is 0 Å². The number of pyridine rings is 2. The van der Waals surface area contributed by atoms with Crippen LogP contribution in [0.2, 0.25) is 5.28 Å². The molecule has 0 radical (unpaired) electrons. The minimum atomic E-state index is -0.567. The molecule has 12 heterocycles. The molecule has 5 amide bonds. The fourth-order valence-corrected chi connectivity index (χ4v) is 14.5. The van der Waals surface area contributed by atoms with E-state index in [-0.39, 0.29) is 53.5 Å². The van der Waals surface area contributed by atoms with E-state index < -0.39 is 16.8 Å². The SMILES string of the molecule is CC(C)(C)OC(=O)N1C2CCC1CC1(C2)CN(c2ccc(N)nc2)C(=O)O1.CN(C)C(=O)c1cc2cnc(Cl)nc2n1C1CCCC1.CN(C)C(=O)c1cc2cnc(Nc3ccc(N4CC5(CC6CCC(C5)N6)OC4=O)cn3)nc2n1C1CCCC1. The lowest BCUT2D eigenvalue weighted by atomic mass is 9.86. The van der Waals surface area contributed by atoms with Gasteiger partial charge in [0.15, 0.2) is 0 Å². The lowest BCUT2D eigenvalue weighted by Gasteiger charge is -2.43. The van der Waals surface area contributed by atoms with E-state index in [4.69, 9.17) is 36.5 Å². The summed E-state index contributed by atoms with van der Waals surface area (Å²) in [5.74, 6) is 1.35. The number of nitrogens with one attached hydrogen (secondary N) is 2. The van der Waals surface area contributed by atoms with Crippen molar-refractivity contribution in [1.82, 2.24) is 59.1 Å². The highest BCUT2D eigenvalue weighted by Gasteiger charge is 2.57. The molecule has 6 aromatic rings. The average Bonchev–Trinajstić information content (AvgIpc) is 1.81. The molecule has 4 N–H and O–H groups in total. The lowest BCUT2D eigenvalue weighted by Crippen LogP contribution is -2.55. The molecular formula is C61H77ClN16O8. The predicted molar refractivity (Wildman–Crippen MR) is 324 cm³/mol. The predicted octanol–water partition coefficient (Wildman–Crippen LogP) is 9.82. The third kappa shape index (κ3) is 11.8. The standard InChI is InChI=1S/C28H34N8O3.C19H26N4O4.C14H17ClN4O/c1-34(2)25(37)22-11-17-14-30-26(33-24(17)36(22)20-5-3-4-6-20)32-23-10-9-21(15-29-23)35-16-28(39-27(35)38)12-18-7-8-19(13-28)31-18;1-18(2,3)26-17(25)23-12-4-5-13(23)9-19(8-12)11-22(16(24)27-19)14-6-7-15(20)21-10-14;1-18(2)13(20)11-7-9-8-16-14(15)17-12(9)19(11)10-5-3-4-6-10/h9-11,14-15,18-20,31H,3-8,12-13,16H2,1-2H3,(H,29,30,32,33);6-7,10,12-13H,4-5,8-9,11H2,1-3H3,(H2,20,21);7-8,10H,3-6H2,1-2H3. The average molecular weight is 1200 g/mol. The molecule has 6 aromatic heterocycles. The number of nitrogens with two attached hydrogens (primary N) is 1. The maximum absolute atomic E-state index is 13.0. The van der Waals surface area contributed by atoms with E-state index in [1.165, 1.54) is 12.8 Å². The van der Waals surface area contributed by atoms with Crippen molar-refractivity contribution in [3.05, 3.63) is 77.9 Å². The summed E-state index contributed by atoms with van der Waals surface area (Å²) in [7, 11) is 7.06. The van der Waals surface area contributed by atoms with Gasteiger partial charge in [-0.2, -0.15) is 9.97 Å². The number of amides is 5. The number of rotatable bonds is 8. The first-order valence-electron chi connectivity index (χ1n) is 30.2. The van der Waals surface area contributed by atoms with Crippen LogP contribution in [0, 0.1) is 0 Å². The Labute approximate surface area is 504 Å². The molecule has 4 atom stereocenters. The highest BCUT2D eigenvalue weighted by atomic mass is 35.5. The molecule has 6 aliphatic heterocycles. The molecule has 8 fully saturated rings. The zero-order valence-electron chi connectivity index (χ0n) is 50.0. The number of ether oxygens (including phenoxy) is 3. The Morgan fingerprint density at radius 3 is 1.64 bits per heavy atom. The highest BCUT2D eigenvalue weighted by molar-refractivity contribution is 6.28. The van der Waals surface area contributed by atoms with Crippen molar-refractivity contribution in [2.75, 3.05) is 62.1 Å². The third-order valence-electron chi connectivity index (χ3n) is 18.1. The third-order valence-corrected chi connectivity index (χ3v) is 18.3. The number of hydrogen-bond donors (Lipinski definition) is 3. The van der Waals surface area contributed by atoms with Crippen molar-refractivity contribution in [3.63, 3.8) is 0 Å². The number of nitrogen functional groups attached to an aromatic ring is 1. The number of anilines is 5. The fraction of sp³-hybridized carbons (Fsp3) is 0.557. The van der Waals surface area contributed by atoms with Crippen LogP contribution in [0.1, 0.15) is 157 Å². The molecule has 6 saturated heterocycles. The fourth-order valence-electron chi connectivity index (χ4n) is 14.4. The van der Waals surface area contributed by atoms with Gasteiger partial charge in [-0.05, 0) is 120 Å². The first-order chi connectivity index (χ1) is 41.1. The molecule has 25 heteroatoms. The van der Waals surface area contributed by atoms with Crippen molar-refractivity contribution < 1.29 is 38.2 Å². The first-order valence-corrected chi connectivity index (χ1v) is 30.6. The first kappa shape index (κ1) is 58.5. The van der Waals surface area contributed by atoms with Gasteiger partial charge in [0.1, 0.15) is 51.1 Å². The highest BCUT2D eigenvalue weighted by Crippen LogP contribution is 2.47. The quantitative estimate of drug-likeness (QED) is 0.0945. The molecule has 4 bridgehead atoms. The summed E-state index contributed by atoms with van der Waals surface area (Å²) in [6.07, 6.45) is 21.8.